The quantitative estimate of drug-likeness (QED) is 0.625. The molecule has 0 saturated carbocycles. The van der Waals surface area contributed by atoms with E-state index in [9.17, 15) is 8.42 Å². The van der Waals surface area contributed by atoms with Gasteiger partial charge >= 0.3 is 0 Å². The number of sulfonamides is 1. The van der Waals surface area contributed by atoms with Crippen molar-refractivity contribution in [3.8, 4) is 0 Å². The first-order valence-electron chi connectivity index (χ1n) is 8.79. The van der Waals surface area contributed by atoms with Crippen LogP contribution in [-0.4, -0.2) is 48.9 Å². The van der Waals surface area contributed by atoms with Gasteiger partial charge in [0.05, 0.1) is 21.6 Å². The number of hydrogen-bond donors (Lipinski definition) is 0. The standard InChI is InChI=1S/C19H18Cl2N4O2S/c1-13-19(23-18-5-3-2-4-17(18)22-13)24-6-8-25(9-7-24)28(26,27)16-11-14(20)10-15(21)12-16/h2-5,10-12H,6-9H2,1H3. The Bertz CT molecular complexity index is 1130. The van der Waals surface area contributed by atoms with Gasteiger partial charge in [-0.1, -0.05) is 35.3 Å². The predicted molar refractivity (Wildman–Crippen MR) is 112 cm³/mol. The zero-order valence-electron chi connectivity index (χ0n) is 15.1. The van der Waals surface area contributed by atoms with Crippen LogP contribution in [0.4, 0.5) is 5.82 Å². The maximum Gasteiger partial charge on any atom is 0.243 e. The van der Waals surface area contributed by atoms with Gasteiger partial charge in [-0.2, -0.15) is 4.31 Å². The third kappa shape index (κ3) is 3.67. The Morgan fingerprint density at radius 2 is 1.46 bits per heavy atom. The normalized spacial score (nSPS) is 15.9. The van der Waals surface area contributed by atoms with Gasteiger partial charge in [0.2, 0.25) is 10.0 Å². The molecule has 1 aliphatic rings. The summed E-state index contributed by atoms with van der Waals surface area (Å²) in [5.74, 6) is 0.793. The highest BCUT2D eigenvalue weighted by molar-refractivity contribution is 7.89. The van der Waals surface area contributed by atoms with Crippen molar-refractivity contribution in [2.45, 2.75) is 11.8 Å². The second kappa shape index (κ2) is 7.48. The van der Waals surface area contributed by atoms with Crippen molar-refractivity contribution in [2.75, 3.05) is 31.1 Å². The van der Waals surface area contributed by atoms with E-state index in [1.54, 1.807) is 0 Å². The SMILES string of the molecule is Cc1nc2ccccc2nc1N1CCN(S(=O)(=O)c2cc(Cl)cc(Cl)c2)CC1. The van der Waals surface area contributed by atoms with Gasteiger partial charge in [-0.25, -0.2) is 18.4 Å². The van der Waals surface area contributed by atoms with Gasteiger partial charge in [0.15, 0.2) is 5.82 Å². The lowest BCUT2D eigenvalue weighted by Gasteiger charge is -2.35. The Labute approximate surface area is 173 Å². The highest BCUT2D eigenvalue weighted by Crippen LogP contribution is 2.27. The molecule has 0 N–H and O–H groups in total. The maximum atomic E-state index is 12.9. The molecule has 0 radical (unpaired) electrons. The molecular weight excluding hydrogens is 419 g/mol. The summed E-state index contributed by atoms with van der Waals surface area (Å²) in [5, 5.41) is 0.596. The van der Waals surface area contributed by atoms with Crippen molar-refractivity contribution in [2.24, 2.45) is 0 Å². The number of aromatic nitrogens is 2. The Morgan fingerprint density at radius 3 is 2.07 bits per heavy atom. The third-order valence-corrected chi connectivity index (χ3v) is 7.04. The van der Waals surface area contributed by atoms with E-state index in [1.807, 2.05) is 31.2 Å². The molecule has 0 aliphatic carbocycles. The number of halogens is 2. The minimum atomic E-state index is -3.66. The minimum absolute atomic E-state index is 0.111. The zero-order chi connectivity index (χ0) is 19.9. The first-order valence-corrected chi connectivity index (χ1v) is 11.0. The monoisotopic (exact) mass is 436 g/mol. The summed E-state index contributed by atoms with van der Waals surface area (Å²) in [7, 11) is -3.66. The van der Waals surface area contributed by atoms with E-state index in [2.05, 4.69) is 9.88 Å². The highest BCUT2D eigenvalue weighted by atomic mass is 35.5. The lowest BCUT2D eigenvalue weighted by Crippen LogP contribution is -2.49. The van der Waals surface area contributed by atoms with E-state index >= 15 is 0 Å². The predicted octanol–water partition coefficient (Wildman–Crippen LogP) is 3.76. The van der Waals surface area contributed by atoms with Crippen LogP contribution in [-0.2, 0) is 10.0 Å². The topological polar surface area (TPSA) is 66.4 Å². The van der Waals surface area contributed by atoms with Gasteiger partial charge in [0.1, 0.15) is 0 Å². The van der Waals surface area contributed by atoms with Crippen molar-refractivity contribution in [3.05, 3.63) is 58.2 Å². The number of nitrogens with zero attached hydrogens (tertiary/aromatic N) is 4. The third-order valence-electron chi connectivity index (χ3n) is 4.73. The summed E-state index contributed by atoms with van der Waals surface area (Å²) >= 11 is 11.9. The van der Waals surface area contributed by atoms with E-state index in [-0.39, 0.29) is 4.90 Å². The number of benzene rings is 2. The average Bonchev–Trinajstić information content (AvgIpc) is 2.67. The molecule has 1 saturated heterocycles. The van der Waals surface area contributed by atoms with Crippen LogP contribution in [0.15, 0.2) is 47.4 Å². The lowest BCUT2D eigenvalue weighted by atomic mass is 10.2. The molecule has 2 aromatic carbocycles. The number of rotatable bonds is 3. The van der Waals surface area contributed by atoms with Gasteiger partial charge in [0.25, 0.3) is 0 Å². The fourth-order valence-electron chi connectivity index (χ4n) is 3.35. The number of fused-ring (bicyclic) bond motifs is 1. The van der Waals surface area contributed by atoms with Crippen LogP contribution >= 0.6 is 23.2 Å². The number of piperazine rings is 1. The van der Waals surface area contributed by atoms with Gasteiger partial charge in [0, 0.05) is 36.2 Å². The summed E-state index contributed by atoms with van der Waals surface area (Å²) in [5.41, 5.74) is 2.51. The molecule has 9 heteroatoms. The molecule has 0 amide bonds. The molecule has 1 fully saturated rings. The van der Waals surface area contributed by atoms with Crippen LogP contribution in [0.3, 0.4) is 0 Å². The largest absolute Gasteiger partial charge is 0.352 e. The van der Waals surface area contributed by atoms with Crippen LogP contribution < -0.4 is 4.90 Å². The molecule has 2 heterocycles. The van der Waals surface area contributed by atoms with Gasteiger partial charge in [-0.15, -0.1) is 0 Å². The van der Waals surface area contributed by atoms with Crippen molar-refractivity contribution in [1.82, 2.24) is 14.3 Å². The van der Waals surface area contributed by atoms with Gasteiger partial charge in [-0.3, -0.25) is 0 Å². The molecule has 3 aromatic rings. The Hall–Kier alpha value is -1.93. The van der Waals surface area contributed by atoms with Crippen molar-refractivity contribution < 1.29 is 8.42 Å². The molecule has 146 valence electrons. The molecule has 1 aliphatic heterocycles. The van der Waals surface area contributed by atoms with Crippen molar-refractivity contribution >= 4 is 50.1 Å². The fourth-order valence-corrected chi connectivity index (χ4v) is 5.49. The highest BCUT2D eigenvalue weighted by Gasteiger charge is 2.30. The van der Waals surface area contributed by atoms with Crippen LogP contribution in [0, 0.1) is 6.92 Å². The fraction of sp³-hybridized carbons (Fsp3) is 0.263. The second-order valence-electron chi connectivity index (χ2n) is 6.62. The molecular formula is C19H18Cl2N4O2S. The van der Waals surface area contributed by atoms with Crippen LogP contribution in [0.2, 0.25) is 10.0 Å². The van der Waals surface area contributed by atoms with Crippen LogP contribution in [0.25, 0.3) is 11.0 Å². The van der Waals surface area contributed by atoms with E-state index < -0.39 is 10.0 Å². The number of para-hydroxylation sites is 2. The van der Waals surface area contributed by atoms with Crippen molar-refractivity contribution in [1.29, 1.82) is 0 Å². The van der Waals surface area contributed by atoms with E-state index in [0.29, 0.717) is 36.2 Å². The summed E-state index contributed by atoms with van der Waals surface area (Å²) < 4.78 is 27.3. The minimum Gasteiger partial charge on any atom is -0.352 e. The number of hydrogen-bond acceptors (Lipinski definition) is 5. The molecule has 1 aromatic heterocycles. The van der Waals surface area contributed by atoms with E-state index in [0.717, 1.165) is 22.5 Å². The average molecular weight is 437 g/mol. The molecule has 0 unspecified atom stereocenters. The Balaban J connectivity index is 1.55. The smallest absolute Gasteiger partial charge is 0.243 e. The maximum absolute atomic E-state index is 12.9. The van der Waals surface area contributed by atoms with E-state index in [4.69, 9.17) is 28.2 Å². The molecule has 28 heavy (non-hydrogen) atoms. The Kier molecular flexibility index (Phi) is 5.18. The van der Waals surface area contributed by atoms with Gasteiger partial charge in [-0.05, 0) is 37.3 Å². The number of aryl methyl sites for hydroxylation is 1. The first-order chi connectivity index (χ1) is 13.3. The summed E-state index contributed by atoms with van der Waals surface area (Å²) in [6.45, 7) is 3.68. The summed E-state index contributed by atoms with van der Waals surface area (Å²) in [4.78, 5) is 11.5. The molecule has 0 atom stereocenters. The number of anilines is 1. The molecule has 0 spiro atoms. The van der Waals surface area contributed by atoms with Crippen molar-refractivity contribution in [3.63, 3.8) is 0 Å². The van der Waals surface area contributed by atoms with Gasteiger partial charge < -0.3 is 4.90 Å². The van der Waals surface area contributed by atoms with E-state index in [1.165, 1.54) is 22.5 Å². The molecule has 6 nitrogen and oxygen atoms in total. The van der Waals surface area contributed by atoms with Crippen LogP contribution in [0.1, 0.15) is 5.69 Å². The second-order valence-corrected chi connectivity index (χ2v) is 9.43. The lowest BCUT2D eigenvalue weighted by molar-refractivity contribution is 0.383. The molecule has 4 rings (SSSR count). The zero-order valence-corrected chi connectivity index (χ0v) is 17.5. The Morgan fingerprint density at radius 1 is 0.893 bits per heavy atom. The molecule has 0 bridgehead atoms. The summed E-state index contributed by atoms with van der Waals surface area (Å²) in [6.07, 6.45) is 0. The van der Waals surface area contributed by atoms with Crippen LogP contribution in [0.5, 0.6) is 0 Å². The first kappa shape index (κ1) is 19.4. The summed E-state index contributed by atoms with van der Waals surface area (Å²) in [6, 6.07) is 12.1.